The van der Waals surface area contributed by atoms with Gasteiger partial charge in [0.15, 0.2) is 0 Å². The van der Waals surface area contributed by atoms with Crippen LogP contribution in [0.1, 0.15) is 42.2 Å². The van der Waals surface area contributed by atoms with Crippen LogP contribution in [0.5, 0.6) is 0 Å². The molecule has 0 heterocycles. The molecule has 0 amide bonds. The summed E-state index contributed by atoms with van der Waals surface area (Å²) in [5.41, 5.74) is 3.31. The van der Waals surface area contributed by atoms with Gasteiger partial charge in [0, 0.05) is 0 Å². The van der Waals surface area contributed by atoms with Crippen molar-refractivity contribution in [2.24, 2.45) is 0 Å². The summed E-state index contributed by atoms with van der Waals surface area (Å²) in [7, 11) is 0. The summed E-state index contributed by atoms with van der Waals surface area (Å²) >= 11 is 0. The molecule has 2 aliphatic carbocycles. The molecule has 74 valence electrons. The van der Waals surface area contributed by atoms with Crippen LogP contribution in [-0.2, 0) is 0 Å². The second-order valence-electron chi connectivity index (χ2n) is 5.04. The molecule has 2 aliphatic rings. The quantitative estimate of drug-likeness (QED) is 0.589. The Morgan fingerprint density at radius 3 is 1.87 bits per heavy atom. The molecule has 0 nitrogen and oxygen atoms in total. The van der Waals surface area contributed by atoms with Gasteiger partial charge in [-0.25, -0.2) is 0 Å². The fourth-order valence-electron chi connectivity index (χ4n) is 3.53. The van der Waals surface area contributed by atoms with Gasteiger partial charge in [0.05, 0.1) is 0 Å². The maximum atomic E-state index is 2.44. The molecule has 0 aromatic heterocycles. The van der Waals surface area contributed by atoms with E-state index >= 15 is 0 Å². The fourth-order valence-corrected chi connectivity index (χ4v) is 3.53. The lowest BCUT2D eigenvalue weighted by molar-refractivity contribution is 0.719. The third kappa shape index (κ3) is 0.971. The summed E-state index contributed by atoms with van der Waals surface area (Å²) in [6.07, 6.45) is 4.28. The van der Waals surface area contributed by atoms with E-state index in [1.807, 2.05) is 0 Å². The van der Waals surface area contributed by atoms with E-state index < -0.39 is 0 Å². The number of rotatable bonds is 0. The van der Waals surface area contributed by atoms with Crippen LogP contribution in [0.25, 0.3) is 10.8 Å². The lowest BCUT2D eigenvalue weighted by atomic mass is 9.89. The Bertz CT molecular complexity index is 490. The highest BCUT2D eigenvalue weighted by Crippen LogP contribution is 2.53. The van der Waals surface area contributed by atoms with Gasteiger partial charge in [-0.1, -0.05) is 36.4 Å². The van der Waals surface area contributed by atoms with Gasteiger partial charge in [-0.05, 0) is 53.0 Å². The minimum atomic E-state index is 0.884. The standard InChI is InChI=1S/C15H14/c1-2-4-11-9-15-13-6-5-12(7-13)14(15)8-10(11)3-1/h1-4,8-9,12-13H,5-7H2. The lowest BCUT2D eigenvalue weighted by Crippen LogP contribution is -1.97. The zero-order valence-electron chi connectivity index (χ0n) is 8.74. The van der Waals surface area contributed by atoms with Crippen molar-refractivity contribution in [1.82, 2.24) is 0 Å². The topological polar surface area (TPSA) is 0 Å². The molecule has 1 saturated carbocycles. The SMILES string of the molecule is c1ccc2cc3c(cc2c1)C1CCC3C1. The summed E-state index contributed by atoms with van der Waals surface area (Å²) < 4.78 is 0. The summed E-state index contributed by atoms with van der Waals surface area (Å²) in [5.74, 6) is 1.77. The molecule has 0 N–H and O–H groups in total. The molecule has 0 heteroatoms. The molecule has 2 aromatic rings. The summed E-state index contributed by atoms with van der Waals surface area (Å²) in [5, 5.41) is 2.84. The molecule has 2 bridgehead atoms. The first-order chi connectivity index (χ1) is 7.42. The Morgan fingerprint density at radius 1 is 0.800 bits per heavy atom. The normalized spacial score (nSPS) is 27.2. The molecule has 2 atom stereocenters. The molecule has 0 aliphatic heterocycles. The summed E-state index contributed by atoms with van der Waals surface area (Å²) in [6.45, 7) is 0. The van der Waals surface area contributed by atoms with Crippen molar-refractivity contribution >= 4 is 10.8 Å². The van der Waals surface area contributed by atoms with E-state index in [9.17, 15) is 0 Å². The van der Waals surface area contributed by atoms with E-state index in [1.54, 1.807) is 11.1 Å². The van der Waals surface area contributed by atoms with Gasteiger partial charge in [-0.15, -0.1) is 0 Å². The average Bonchev–Trinajstić information content (AvgIpc) is 2.87. The predicted molar refractivity (Wildman–Crippen MR) is 63.3 cm³/mol. The molecule has 0 saturated heterocycles. The molecule has 1 fully saturated rings. The number of fused-ring (bicyclic) bond motifs is 6. The Hall–Kier alpha value is -1.30. The first-order valence-corrected chi connectivity index (χ1v) is 5.94. The second kappa shape index (κ2) is 2.63. The van der Waals surface area contributed by atoms with Crippen molar-refractivity contribution in [3.8, 4) is 0 Å². The van der Waals surface area contributed by atoms with Gasteiger partial charge in [0.2, 0.25) is 0 Å². The molecule has 15 heavy (non-hydrogen) atoms. The largest absolute Gasteiger partial charge is 0.0616 e. The number of hydrogen-bond acceptors (Lipinski definition) is 0. The first kappa shape index (κ1) is 7.92. The van der Waals surface area contributed by atoms with Crippen molar-refractivity contribution in [2.75, 3.05) is 0 Å². The zero-order valence-corrected chi connectivity index (χ0v) is 8.74. The number of benzene rings is 2. The smallest absolute Gasteiger partial charge is 0.0153 e. The van der Waals surface area contributed by atoms with E-state index in [0.717, 1.165) is 11.8 Å². The molecule has 4 rings (SSSR count). The van der Waals surface area contributed by atoms with Crippen LogP contribution in [0.3, 0.4) is 0 Å². The zero-order chi connectivity index (χ0) is 9.83. The molecule has 2 aromatic carbocycles. The van der Waals surface area contributed by atoms with Gasteiger partial charge in [-0.3, -0.25) is 0 Å². The minimum absolute atomic E-state index is 0.884. The third-order valence-corrected chi connectivity index (χ3v) is 4.26. The molecular formula is C15H14. The van der Waals surface area contributed by atoms with E-state index in [0.29, 0.717) is 0 Å². The van der Waals surface area contributed by atoms with Crippen LogP contribution in [0.2, 0.25) is 0 Å². The second-order valence-corrected chi connectivity index (χ2v) is 5.04. The molecule has 0 spiro atoms. The highest BCUT2D eigenvalue weighted by molar-refractivity contribution is 5.84. The van der Waals surface area contributed by atoms with Crippen LogP contribution in [0.4, 0.5) is 0 Å². The van der Waals surface area contributed by atoms with E-state index in [-0.39, 0.29) is 0 Å². The molecule has 0 radical (unpaired) electrons. The monoisotopic (exact) mass is 194 g/mol. The average molecular weight is 194 g/mol. The van der Waals surface area contributed by atoms with Crippen molar-refractivity contribution in [3.63, 3.8) is 0 Å². The highest BCUT2D eigenvalue weighted by atomic mass is 14.4. The minimum Gasteiger partial charge on any atom is -0.0616 e. The van der Waals surface area contributed by atoms with E-state index in [2.05, 4.69) is 36.4 Å². The molecule has 2 unspecified atom stereocenters. The van der Waals surface area contributed by atoms with E-state index in [1.165, 1.54) is 30.0 Å². The van der Waals surface area contributed by atoms with Crippen LogP contribution in [0, 0.1) is 0 Å². The first-order valence-electron chi connectivity index (χ1n) is 5.94. The van der Waals surface area contributed by atoms with Crippen LogP contribution in [0.15, 0.2) is 36.4 Å². The highest BCUT2D eigenvalue weighted by Gasteiger charge is 2.36. The van der Waals surface area contributed by atoms with Crippen molar-refractivity contribution in [3.05, 3.63) is 47.5 Å². The maximum absolute atomic E-state index is 2.44. The van der Waals surface area contributed by atoms with Crippen LogP contribution >= 0.6 is 0 Å². The summed E-state index contributed by atoms with van der Waals surface area (Å²) in [6, 6.07) is 13.6. The summed E-state index contributed by atoms with van der Waals surface area (Å²) in [4.78, 5) is 0. The van der Waals surface area contributed by atoms with E-state index in [4.69, 9.17) is 0 Å². The van der Waals surface area contributed by atoms with Crippen molar-refractivity contribution in [2.45, 2.75) is 31.1 Å². The maximum Gasteiger partial charge on any atom is -0.0153 e. The van der Waals surface area contributed by atoms with Gasteiger partial charge in [0.1, 0.15) is 0 Å². The Balaban J connectivity index is 2.06. The predicted octanol–water partition coefficient (Wildman–Crippen LogP) is 4.20. The Kier molecular flexibility index (Phi) is 1.39. The Morgan fingerprint density at radius 2 is 1.33 bits per heavy atom. The van der Waals surface area contributed by atoms with Crippen LogP contribution in [-0.4, -0.2) is 0 Å². The van der Waals surface area contributed by atoms with Gasteiger partial charge in [0.25, 0.3) is 0 Å². The van der Waals surface area contributed by atoms with Gasteiger partial charge < -0.3 is 0 Å². The Labute approximate surface area is 89.9 Å². The molecular weight excluding hydrogens is 180 g/mol. The van der Waals surface area contributed by atoms with Gasteiger partial charge in [-0.2, -0.15) is 0 Å². The lowest BCUT2D eigenvalue weighted by Gasteiger charge is -2.15. The van der Waals surface area contributed by atoms with Crippen molar-refractivity contribution in [1.29, 1.82) is 0 Å². The third-order valence-electron chi connectivity index (χ3n) is 4.26. The number of hydrogen-bond donors (Lipinski definition) is 0. The fraction of sp³-hybridized carbons (Fsp3) is 0.333. The van der Waals surface area contributed by atoms with Crippen molar-refractivity contribution < 1.29 is 0 Å². The van der Waals surface area contributed by atoms with Gasteiger partial charge >= 0.3 is 0 Å². The van der Waals surface area contributed by atoms with Crippen LogP contribution < -0.4 is 0 Å².